The number of rotatable bonds is 3. The minimum atomic E-state index is -2.95. The fraction of sp³-hybridized carbons (Fsp3) is 0.500. The number of halogens is 1. The molecule has 1 saturated carbocycles. The summed E-state index contributed by atoms with van der Waals surface area (Å²) in [5, 5.41) is 3.55. The quantitative estimate of drug-likeness (QED) is 0.924. The molecule has 1 aliphatic heterocycles. The summed E-state index contributed by atoms with van der Waals surface area (Å²) in [6, 6.07) is 7.33. The standard InChI is InChI=1S/C14H16ClNO3S/c15-13-4-2-1-3-10(13)11-7-12(11)14(17)16-9-5-6-20(18,19)8-9/h1-4,9,11-12H,5-8H2,(H,16,17). The molecule has 3 rings (SSSR count). The highest BCUT2D eigenvalue weighted by Gasteiger charge is 2.45. The summed E-state index contributed by atoms with van der Waals surface area (Å²) < 4.78 is 22.7. The maximum atomic E-state index is 12.1. The van der Waals surface area contributed by atoms with Crippen molar-refractivity contribution in [3.05, 3.63) is 34.9 Å². The average Bonchev–Trinajstić information content (AvgIpc) is 3.10. The molecule has 2 aliphatic rings. The van der Waals surface area contributed by atoms with Crippen molar-refractivity contribution in [1.82, 2.24) is 5.32 Å². The third-order valence-corrected chi connectivity index (χ3v) is 6.12. The van der Waals surface area contributed by atoms with Gasteiger partial charge in [0.15, 0.2) is 9.84 Å². The first-order valence-electron chi connectivity index (χ1n) is 6.71. The van der Waals surface area contributed by atoms with E-state index in [0.717, 1.165) is 12.0 Å². The zero-order valence-electron chi connectivity index (χ0n) is 10.9. The lowest BCUT2D eigenvalue weighted by molar-refractivity contribution is -0.122. The Morgan fingerprint density at radius 1 is 1.30 bits per heavy atom. The molecule has 1 aliphatic carbocycles. The first kappa shape index (κ1) is 13.9. The molecule has 1 aromatic carbocycles. The number of carbonyl (C=O) groups is 1. The average molecular weight is 314 g/mol. The summed E-state index contributed by atoms with van der Waals surface area (Å²) in [4.78, 5) is 12.1. The van der Waals surface area contributed by atoms with Crippen molar-refractivity contribution < 1.29 is 13.2 Å². The van der Waals surface area contributed by atoms with Crippen LogP contribution in [0.3, 0.4) is 0 Å². The van der Waals surface area contributed by atoms with Gasteiger partial charge in [0.2, 0.25) is 5.91 Å². The Morgan fingerprint density at radius 2 is 2.05 bits per heavy atom. The molecule has 1 amide bonds. The smallest absolute Gasteiger partial charge is 0.223 e. The number of amides is 1. The van der Waals surface area contributed by atoms with Crippen LogP contribution in [0.4, 0.5) is 0 Å². The second kappa shape index (κ2) is 5.04. The highest BCUT2D eigenvalue weighted by molar-refractivity contribution is 7.91. The molecule has 3 unspecified atom stereocenters. The van der Waals surface area contributed by atoms with E-state index in [1.54, 1.807) is 0 Å². The van der Waals surface area contributed by atoms with E-state index in [9.17, 15) is 13.2 Å². The van der Waals surface area contributed by atoms with Gasteiger partial charge in [0.25, 0.3) is 0 Å². The van der Waals surface area contributed by atoms with Crippen molar-refractivity contribution in [2.75, 3.05) is 11.5 Å². The van der Waals surface area contributed by atoms with Crippen LogP contribution >= 0.6 is 11.6 Å². The summed E-state index contributed by atoms with van der Waals surface area (Å²) in [7, 11) is -2.95. The Morgan fingerprint density at radius 3 is 2.70 bits per heavy atom. The van der Waals surface area contributed by atoms with Gasteiger partial charge in [0, 0.05) is 17.0 Å². The second-order valence-corrected chi connectivity index (χ2v) is 8.21. The molecule has 108 valence electrons. The van der Waals surface area contributed by atoms with Crippen LogP contribution < -0.4 is 5.32 Å². The number of benzene rings is 1. The molecule has 0 bridgehead atoms. The van der Waals surface area contributed by atoms with Gasteiger partial charge in [-0.05, 0) is 30.4 Å². The van der Waals surface area contributed by atoms with Gasteiger partial charge in [-0.3, -0.25) is 4.79 Å². The van der Waals surface area contributed by atoms with E-state index in [1.165, 1.54) is 0 Å². The Balaban J connectivity index is 1.60. The molecule has 20 heavy (non-hydrogen) atoms. The molecule has 0 radical (unpaired) electrons. The van der Waals surface area contributed by atoms with Gasteiger partial charge in [0.05, 0.1) is 11.5 Å². The minimum Gasteiger partial charge on any atom is -0.352 e. The molecule has 3 atom stereocenters. The molecule has 1 aromatic rings. The van der Waals surface area contributed by atoms with Gasteiger partial charge >= 0.3 is 0 Å². The van der Waals surface area contributed by atoms with Gasteiger partial charge in [-0.25, -0.2) is 8.42 Å². The molecule has 6 heteroatoms. The number of hydrogen-bond donors (Lipinski definition) is 1. The summed E-state index contributed by atoms with van der Waals surface area (Å²) >= 11 is 6.13. The van der Waals surface area contributed by atoms with Crippen LogP contribution in [-0.4, -0.2) is 31.9 Å². The predicted octanol–water partition coefficient (Wildman–Crippen LogP) is 1.75. The summed E-state index contributed by atoms with van der Waals surface area (Å²) in [6.45, 7) is 0. The van der Waals surface area contributed by atoms with Crippen LogP contribution in [0, 0.1) is 5.92 Å². The van der Waals surface area contributed by atoms with E-state index < -0.39 is 9.84 Å². The molecule has 2 fully saturated rings. The fourth-order valence-corrected chi connectivity index (χ4v) is 4.77. The molecule has 0 aromatic heterocycles. The first-order chi connectivity index (χ1) is 9.46. The number of hydrogen-bond acceptors (Lipinski definition) is 3. The van der Waals surface area contributed by atoms with Crippen molar-refractivity contribution in [3.8, 4) is 0 Å². The number of sulfone groups is 1. The molecule has 0 spiro atoms. The highest BCUT2D eigenvalue weighted by atomic mass is 35.5. The van der Waals surface area contributed by atoms with Gasteiger partial charge < -0.3 is 5.32 Å². The lowest BCUT2D eigenvalue weighted by atomic mass is 10.1. The lowest BCUT2D eigenvalue weighted by Crippen LogP contribution is -2.36. The van der Waals surface area contributed by atoms with Gasteiger partial charge in [-0.15, -0.1) is 0 Å². The van der Waals surface area contributed by atoms with Crippen molar-refractivity contribution in [1.29, 1.82) is 0 Å². The topological polar surface area (TPSA) is 63.2 Å². The van der Waals surface area contributed by atoms with Crippen LogP contribution in [0.5, 0.6) is 0 Å². The highest BCUT2D eigenvalue weighted by Crippen LogP contribution is 2.49. The van der Waals surface area contributed by atoms with Crippen LogP contribution in [0.1, 0.15) is 24.3 Å². The molecule has 1 N–H and O–H groups in total. The van der Waals surface area contributed by atoms with E-state index in [0.29, 0.717) is 11.4 Å². The normalized spacial score (nSPS) is 30.9. The largest absolute Gasteiger partial charge is 0.352 e. The number of nitrogens with one attached hydrogen (secondary N) is 1. The monoisotopic (exact) mass is 313 g/mol. The number of carbonyl (C=O) groups excluding carboxylic acids is 1. The zero-order chi connectivity index (χ0) is 14.3. The maximum Gasteiger partial charge on any atom is 0.223 e. The van der Waals surface area contributed by atoms with E-state index >= 15 is 0 Å². The summed E-state index contributed by atoms with van der Waals surface area (Å²) in [5.41, 5.74) is 1.01. The first-order valence-corrected chi connectivity index (χ1v) is 8.91. The Kier molecular flexibility index (Phi) is 3.50. The van der Waals surface area contributed by atoms with Crippen LogP contribution in [-0.2, 0) is 14.6 Å². The van der Waals surface area contributed by atoms with Gasteiger partial charge in [0.1, 0.15) is 0 Å². The van der Waals surface area contributed by atoms with E-state index in [-0.39, 0.29) is 35.3 Å². The van der Waals surface area contributed by atoms with Crippen LogP contribution in [0.15, 0.2) is 24.3 Å². The third-order valence-electron chi connectivity index (χ3n) is 4.01. The van der Waals surface area contributed by atoms with Crippen LogP contribution in [0.25, 0.3) is 0 Å². The summed E-state index contributed by atoms with van der Waals surface area (Å²) in [6.07, 6.45) is 1.31. The maximum absolute atomic E-state index is 12.1. The SMILES string of the molecule is O=C(NC1CCS(=O)(=O)C1)C1CC1c1ccccc1Cl. The van der Waals surface area contributed by atoms with Gasteiger partial charge in [-0.1, -0.05) is 29.8 Å². The van der Waals surface area contributed by atoms with Crippen molar-refractivity contribution in [3.63, 3.8) is 0 Å². The lowest BCUT2D eigenvalue weighted by Gasteiger charge is -2.10. The van der Waals surface area contributed by atoms with Crippen molar-refractivity contribution in [2.24, 2.45) is 5.92 Å². The van der Waals surface area contributed by atoms with E-state index in [1.807, 2.05) is 24.3 Å². The predicted molar refractivity (Wildman–Crippen MR) is 77.5 cm³/mol. The fourth-order valence-electron chi connectivity index (χ4n) is 2.82. The summed E-state index contributed by atoms with van der Waals surface area (Å²) in [5.74, 6) is 0.302. The van der Waals surface area contributed by atoms with Crippen molar-refractivity contribution in [2.45, 2.75) is 24.8 Å². The Bertz CT molecular complexity index is 644. The molecular formula is C14H16ClNO3S. The Labute approximate surface area is 123 Å². The minimum absolute atomic E-state index is 0.0444. The third kappa shape index (κ3) is 2.83. The Hall–Kier alpha value is -1.07. The molecular weight excluding hydrogens is 298 g/mol. The second-order valence-electron chi connectivity index (χ2n) is 5.58. The molecule has 4 nitrogen and oxygen atoms in total. The van der Waals surface area contributed by atoms with E-state index in [4.69, 9.17) is 11.6 Å². The van der Waals surface area contributed by atoms with Crippen LogP contribution in [0.2, 0.25) is 5.02 Å². The van der Waals surface area contributed by atoms with Crippen molar-refractivity contribution >= 4 is 27.3 Å². The molecule has 1 heterocycles. The van der Waals surface area contributed by atoms with Gasteiger partial charge in [-0.2, -0.15) is 0 Å². The van der Waals surface area contributed by atoms with E-state index in [2.05, 4.69) is 5.32 Å². The zero-order valence-corrected chi connectivity index (χ0v) is 12.5. The molecule has 1 saturated heterocycles.